The lowest BCUT2D eigenvalue weighted by Crippen LogP contribution is -2.26. The number of nitrogens with one attached hydrogen (secondary N) is 1. The van der Waals surface area contributed by atoms with Crippen LogP contribution in [0.15, 0.2) is 18.7 Å². The molecule has 1 aromatic rings. The van der Waals surface area contributed by atoms with E-state index in [1.54, 1.807) is 12.5 Å². The lowest BCUT2D eigenvalue weighted by Gasteiger charge is -2.07. The van der Waals surface area contributed by atoms with Crippen molar-refractivity contribution in [2.45, 2.75) is 43.9 Å². The van der Waals surface area contributed by atoms with Gasteiger partial charge in [-0.15, -0.1) is 0 Å². The number of hydrogen-bond acceptors (Lipinski definition) is 4. The fourth-order valence-corrected chi connectivity index (χ4v) is 5.08. The number of amides is 1. The zero-order valence-corrected chi connectivity index (χ0v) is 12.7. The summed E-state index contributed by atoms with van der Waals surface area (Å²) in [6, 6.07) is 0. The Labute approximate surface area is 122 Å². The molecule has 4 nitrogen and oxygen atoms in total. The summed E-state index contributed by atoms with van der Waals surface area (Å²) < 4.78 is 1.97. The van der Waals surface area contributed by atoms with E-state index in [-0.39, 0.29) is 5.91 Å². The molecule has 0 saturated carbocycles. The van der Waals surface area contributed by atoms with E-state index >= 15 is 0 Å². The first-order chi connectivity index (χ1) is 9.34. The van der Waals surface area contributed by atoms with Crippen molar-refractivity contribution in [3.05, 3.63) is 18.7 Å². The molecular formula is C13H21N3OS2. The maximum absolute atomic E-state index is 11.6. The van der Waals surface area contributed by atoms with Crippen molar-refractivity contribution >= 4 is 27.5 Å². The smallest absolute Gasteiger partial charge is 0.220 e. The minimum atomic E-state index is 0.175. The van der Waals surface area contributed by atoms with Gasteiger partial charge in [0, 0.05) is 42.9 Å². The van der Waals surface area contributed by atoms with Crippen LogP contribution in [0.4, 0.5) is 0 Å². The minimum absolute atomic E-state index is 0.175. The van der Waals surface area contributed by atoms with Gasteiger partial charge in [0.05, 0.1) is 6.33 Å². The number of carbonyl (C=O) groups is 1. The van der Waals surface area contributed by atoms with Crippen molar-refractivity contribution in [3.8, 4) is 0 Å². The fraction of sp³-hybridized carbons (Fsp3) is 0.692. The molecule has 1 saturated heterocycles. The summed E-state index contributed by atoms with van der Waals surface area (Å²) in [4.78, 5) is 15.6. The highest BCUT2D eigenvalue weighted by Crippen LogP contribution is 2.39. The molecule has 1 unspecified atom stereocenters. The van der Waals surface area contributed by atoms with E-state index in [0.29, 0.717) is 13.0 Å². The molecule has 2 heterocycles. The number of rotatable bonds is 8. The largest absolute Gasteiger partial charge is 0.354 e. The van der Waals surface area contributed by atoms with Gasteiger partial charge < -0.3 is 9.88 Å². The fourth-order valence-electron chi connectivity index (χ4n) is 2.05. The van der Waals surface area contributed by atoms with Gasteiger partial charge in [-0.1, -0.05) is 28.0 Å². The van der Waals surface area contributed by atoms with E-state index in [1.165, 1.54) is 25.0 Å². The average Bonchev–Trinajstić information content (AvgIpc) is 3.07. The summed E-state index contributed by atoms with van der Waals surface area (Å²) in [6.07, 6.45) is 10.9. The van der Waals surface area contributed by atoms with Crippen LogP contribution in [0.1, 0.15) is 32.1 Å². The molecule has 19 heavy (non-hydrogen) atoms. The van der Waals surface area contributed by atoms with E-state index in [1.807, 2.05) is 32.4 Å². The van der Waals surface area contributed by atoms with E-state index in [4.69, 9.17) is 0 Å². The van der Waals surface area contributed by atoms with Crippen LogP contribution in [0.25, 0.3) is 0 Å². The van der Waals surface area contributed by atoms with Crippen molar-refractivity contribution in [2.24, 2.45) is 0 Å². The van der Waals surface area contributed by atoms with Gasteiger partial charge in [0.25, 0.3) is 0 Å². The van der Waals surface area contributed by atoms with Gasteiger partial charge in [-0.3, -0.25) is 4.79 Å². The number of hydrogen-bond donors (Lipinski definition) is 1. The van der Waals surface area contributed by atoms with Crippen LogP contribution in [0, 0.1) is 0 Å². The molecule has 0 aromatic carbocycles. The van der Waals surface area contributed by atoms with Crippen LogP contribution in [0.2, 0.25) is 0 Å². The predicted molar refractivity (Wildman–Crippen MR) is 82.2 cm³/mol. The molecule has 1 amide bonds. The Hall–Kier alpha value is -0.620. The predicted octanol–water partition coefficient (Wildman–Crippen LogP) is 2.71. The number of carbonyl (C=O) groups excluding carboxylic acids is 1. The maximum atomic E-state index is 11.6. The molecule has 6 heteroatoms. The standard InChI is InChI=1S/C13H21N3OS2/c17-13(15-7-9-16-8-6-14-11-16)4-2-1-3-12-5-10-18-19-12/h6,8,11-12H,1-5,7,9-10H2,(H,15,17). The van der Waals surface area contributed by atoms with Gasteiger partial charge in [0.2, 0.25) is 5.91 Å². The molecule has 1 aliphatic rings. The van der Waals surface area contributed by atoms with Crippen molar-refractivity contribution in [1.82, 2.24) is 14.9 Å². The summed E-state index contributed by atoms with van der Waals surface area (Å²) in [7, 11) is 4.01. The number of unbranched alkanes of at least 4 members (excludes halogenated alkanes) is 1. The molecule has 2 rings (SSSR count). The van der Waals surface area contributed by atoms with E-state index in [0.717, 1.165) is 18.2 Å². The lowest BCUT2D eigenvalue weighted by molar-refractivity contribution is -0.121. The maximum Gasteiger partial charge on any atom is 0.220 e. The van der Waals surface area contributed by atoms with Crippen LogP contribution in [-0.4, -0.2) is 33.0 Å². The third-order valence-corrected chi connectivity index (χ3v) is 6.17. The van der Waals surface area contributed by atoms with Crippen LogP contribution < -0.4 is 5.32 Å². The summed E-state index contributed by atoms with van der Waals surface area (Å²) in [6.45, 7) is 1.48. The SMILES string of the molecule is O=C(CCCCC1CCSS1)NCCn1ccnc1. The van der Waals surface area contributed by atoms with Crippen molar-refractivity contribution < 1.29 is 4.79 Å². The van der Waals surface area contributed by atoms with E-state index < -0.39 is 0 Å². The van der Waals surface area contributed by atoms with E-state index in [9.17, 15) is 4.79 Å². The molecule has 1 N–H and O–H groups in total. The highest BCUT2D eigenvalue weighted by atomic mass is 33.1. The van der Waals surface area contributed by atoms with E-state index in [2.05, 4.69) is 10.3 Å². The quantitative estimate of drug-likeness (QED) is 0.592. The third-order valence-electron chi connectivity index (χ3n) is 3.16. The van der Waals surface area contributed by atoms with Crippen LogP contribution in [0.5, 0.6) is 0 Å². The Balaban J connectivity index is 1.45. The minimum Gasteiger partial charge on any atom is -0.354 e. The van der Waals surface area contributed by atoms with Gasteiger partial charge in [-0.2, -0.15) is 0 Å². The molecule has 0 radical (unpaired) electrons. The first kappa shape index (κ1) is 14.8. The van der Waals surface area contributed by atoms with Gasteiger partial charge in [-0.25, -0.2) is 4.98 Å². The number of imidazole rings is 1. The first-order valence-corrected chi connectivity index (χ1v) is 9.23. The zero-order valence-electron chi connectivity index (χ0n) is 11.1. The van der Waals surface area contributed by atoms with Crippen LogP contribution >= 0.6 is 21.6 Å². The molecule has 0 bridgehead atoms. The molecule has 0 spiro atoms. The zero-order chi connectivity index (χ0) is 13.3. The number of aromatic nitrogens is 2. The first-order valence-electron chi connectivity index (χ1n) is 6.85. The van der Waals surface area contributed by atoms with Crippen LogP contribution in [0.3, 0.4) is 0 Å². The second kappa shape index (κ2) is 8.53. The molecule has 1 fully saturated rings. The molecule has 1 atom stereocenters. The highest BCUT2D eigenvalue weighted by molar-refractivity contribution is 8.77. The molecule has 106 valence electrons. The van der Waals surface area contributed by atoms with Gasteiger partial charge >= 0.3 is 0 Å². The van der Waals surface area contributed by atoms with Crippen LogP contribution in [-0.2, 0) is 11.3 Å². The Morgan fingerprint density at radius 3 is 3.16 bits per heavy atom. The normalized spacial score (nSPS) is 18.6. The highest BCUT2D eigenvalue weighted by Gasteiger charge is 2.15. The van der Waals surface area contributed by atoms with Gasteiger partial charge in [0.1, 0.15) is 0 Å². The topological polar surface area (TPSA) is 46.9 Å². The Kier molecular flexibility index (Phi) is 6.64. The second-order valence-electron chi connectivity index (χ2n) is 4.73. The Bertz CT molecular complexity index is 364. The third kappa shape index (κ3) is 5.91. The Morgan fingerprint density at radius 1 is 1.47 bits per heavy atom. The average molecular weight is 299 g/mol. The van der Waals surface area contributed by atoms with Gasteiger partial charge in [0.15, 0.2) is 0 Å². The van der Waals surface area contributed by atoms with Crippen molar-refractivity contribution in [3.63, 3.8) is 0 Å². The number of nitrogens with zero attached hydrogens (tertiary/aromatic N) is 2. The molecule has 1 aromatic heterocycles. The molecule has 1 aliphatic heterocycles. The summed E-state index contributed by atoms with van der Waals surface area (Å²) in [5.41, 5.74) is 0. The molecule has 0 aliphatic carbocycles. The summed E-state index contributed by atoms with van der Waals surface area (Å²) in [5.74, 6) is 1.47. The summed E-state index contributed by atoms with van der Waals surface area (Å²) >= 11 is 0. The van der Waals surface area contributed by atoms with Crippen molar-refractivity contribution in [1.29, 1.82) is 0 Å². The second-order valence-corrected chi connectivity index (χ2v) is 7.51. The Morgan fingerprint density at radius 2 is 2.42 bits per heavy atom. The van der Waals surface area contributed by atoms with Crippen molar-refractivity contribution in [2.75, 3.05) is 12.3 Å². The van der Waals surface area contributed by atoms with Gasteiger partial charge in [-0.05, 0) is 19.3 Å². The summed E-state index contributed by atoms with van der Waals surface area (Å²) in [5, 5.41) is 3.78. The molecular weight excluding hydrogens is 278 g/mol. The lowest BCUT2D eigenvalue weighted by atomic mass is 10.1. The monoisotopic (exact) mass is 299 g/mol.